The van der Waals surface area contributed by atoms with Gasteiger partial charge >= 0.3 is 0 Å². The standard InChI is InChI=1S/C10H18B3NO/c1-9(2,3)6-8-7-14(4-5-15-8)10(11,12)13/h8H,4-7H2,1-3H3. The van der Waals surface area contributed by atoms with Crippen LogP contribution in [0.2, 0.25) is 0 Å². The molecule has 78 valence electrons. The summed E-state index contributed by atoms with van der Waals surface area (Å²) in [7, 11) is 17.0. The van der Waals surface area contributed by atoms with Crippen LogP contribution in [0.3, 0.4) is 0 Å². The maximum atomic E-state index is 5.67. The summed E-state index contributed by atoms with van der Waals surface area (Å²) in [4.78, 5) is 1.87. The van der Waals surface area contributed by atoms with Crippen LogP contribution in [0.5, 0.6) is 0 Å². The molecule has 5 heteroatoms. The van der Waals surface area contributed by atoms with Gasteiger partial charge in [-0.2, -0.15) is 0 Å². The number of nitrogens with zero attached hydrogens (tertiary/aromatic N) is 1. The molecular weight excluding hydrogens is 183 g/mol. The number of morpholine rings is 1. The number of hydrogen-bond acceptors (Lipinski definition) is 2. The molecular formula is C10H18B3NO. The molecule has 6 radical (unpaired) electrons. The molecule has 0 spiro atoms. The van der Waals surface area contributed by atoms with E-state index in [-0.39, 0.29) is 11.5 Å². The first-order valence-corrected chi connectivity index (χ1v) is 5.42. The Balaban J connectivity index is 2.50. The third kappa shape index (κ3) is 4.65. The first kappa shape index (κ1) is 13.2. The lowest BCUT2D eigenvalue weighted by atomic mass is 9.48. The van der Waals surface area contributed by atoms with Crippen LogP contribution in [0.15, 0.2) is 0 Å². The highest BCUT2D eigenvalue weighted by molar-refractivity contribution is 6.59. The zero-order valence-electron chi connectivity index (χ0n) is 9.99. The van der Waals surface area contributed by atoms with Crippen molar-refractivity contribution in [2.24, 2.45) is 5.41 Å². The molecule has 1 atom stereocenters. The van der Waals surface area contributed by atoms with Gasteiger partial charge in [0.25, 0.3) is 0 Å². The van der Waals surface area contributed by atoms with Crippen LogP contribution in [0.1, 0.15) is 27.2 Å². The maximum Gasteiger partial charge on any atom is 0.0706 e. The van der Waals surface area contributed by atoms with Crippen LogP contribution in [-0.2, 0) is 4.74 Å². The zero-order valence-corrected chi connectivity index (χ0v) is 9.99. The second-order valence-electron chi connectivity index (χ2n) is 5.59. The van der Waals surface area contributed by atoms with Crippen molar-refractivity contribution in [1.82, 2.24) is 4.90 Å². The second-order valence-corrected chi connectivity index (χ2v) is 5.59. The van der Waals surface area contributed by atoms with Crippen LogP contribution in [0.25, 0.3) is 0 Å². The van der Waals surface area contributed by atoms with E-state index in [1.807, 2.05) is 4.90 Å². The highest BCUT2D eigenvalue weighted by Gasteiger charge is 2.29. The van der Waals surface area contributed by atoms with Gasteiger partial charge in [0.15, 0.2) is 0 Å². The van der Waals surface area contributed by atoms with E-state index in [2.05, 4.69) is 20.8 Å². The minimum atomic E-state index is -1.22. The van der Waals surface area contributed by atoms with Gasteiger partial charge in [0, 0.05) is 13.1 Å². The highest BCUT2D eigenvalue weighted by atomic mass is 16.5. The number of ether oxygens (including phenoxy) is 1. The van der Waals surface area contributed by atoms with Gasteiger partial charge in [0.05, 0.1) is 36.2 Å². The Morgan fingerprint density at radius 2 is 1.87 bits per heavy atom. The van der Waals surface area contributed by atoms with Crippen molar-refractivity contribution >= 4 is 23.5 Å². The monoisotopic (exact) mass is 201 g/mol. The molecule has 1 fully saturated rings. The van der Waals surface area contributed by atoms with Crippen LogP contribution in [0, 0.1) is 5.41 Å². The van der Waals surface area contributed by atoms with Crippen molar-refractivity contribution in [2.45, 2.75) is 38.5 Å². The van der Waals surface area contributed by atoms with Crippen LogP contribution in [0.4, 0.5) is 0 Å². The molecule has 0 N–H and O–H groups in total. The molecule has 0 aromatic carbocycles. The van der Waals surface area contributed by atoms with E-state index in [0.717, 1.165) is 6.42 Å². The van der Waals surface area contributed by atoms with Crippen molar-refractivity contribution in [3.63, 3.8) is 0 Å². The third-order valence-electron chi connectivity index (χ3n) is 2.53. The Kier molecular flexibility index (Phi) is 3.99. The van der Waals surface area contributed by atoms with Crippen LogP contribution in [-0.4, -0.2) is 59.5 Å². The van der Waals surface area contributed by atoms with Crippen molar-refractivity contribution in [3.05, 3.63) is 0 Å². The van der Waals surface area contributed by atoms with Gasteiger partial charge in [-0.1, -0.05) is 26.0 Å². The molecule has 1 aliphatic heterocycles. The average molecular weight is 201 g/mol. The van der Waals surface area contributed by atoms with Crippen molar-refractivity contribution in [1.29, 1.82) is 0 Å². The Morgan fingerprint density at radius 3 is 2.33 bits per heavy atom. The topological polar surface area (TPSA) is 12.5 Å². The van der Waals surface area contributed by atoms with Gasteiger partial charge in [0.2, 0.25) is 0 Å². The van der Waals surface area contributed by atoms with E-state index >= 15 is 0 Å². The number of hydrogen-bond donors (Lipinski definition) is 0. The molecule has 0 bridgehead atoms. The largest absolute Gasteiger partial charge is 0.376 e. The van der Waals surface area contributed by atoms with Crippen molar-refractivity contribution in [2.75, 3.05) is 19.7 Å². The maximum absolute atomic E-state index is 5.67. The molecule has 15 heavy (non-hydrogen) atoms. The lowest BCUT2D eigenvalue weighted by Crippen LogP contribution is -2.57. The van der Waals surface area contributed by atoms with Crippen LogP contribution < -0.4 is 0 Å². The summed E-state index contributed by atoms with van der Waals surface area (Å²) in [6.07, 6.45) is 1.16. The van der Waals surface area contributed by atoms with Crippen LogP contribution >= 0.6 is 0 Å². The molecule has 0 aromatic rings. The minimum absolute atomic E-state index is 0.175. The summed E-state index contributed by atoms with van der Waals surface area (Å²) < 4.78 is 5.67. The number of rotatable bonds is 2. The summed E-state index contributed by atoms with van der Waals surface area (Å²) in [5, 5.41) is -1.22. The molecule has 0 aromatic heterocycles. The molecule has 2 nitrogen and oxygen atoms in total. The molecule has 1 aliphatic rings. The average Bonchev–Trinajstić information content (AvgIpc) is 1.99. The summed E-state index contributed by atoms with van der Waals surface area (Å²) in [6.45, 7) is 8.63. The molecule has 0 saturated carbocycles. The van der Waals surface area contributed by atoms with E-state index < -0.39 is 5.24 Å². The Morgan fingerprint density at radius 1 is 1.27 bits per heavy atom. The van der Waals surface area contributed by atoms with E-state index in [9.17, 15) is 0 Å². The van der Waals surface area contributed by atoms with Gasteiger partial charge in [0.1, 0.15) is 0 Å². The third-order valence-corrected chi connectivity index (χ3v) is 2.53. The quantitative estimate of drug-likeness (QED) is 0.593. The SMILES string of the molecule is [B]C([B])([B])N1CCOC(CC(C)(C)C)C1. The molecule has 1 saturated heterocycles. The Labute approximate surface area is 97.3 Å². The zero-order chi connectivity index (χ0) is 11.7. The second kappa shape index (κ2) is 4.54. The van der Waals surface area contributed by atoms with E-state index in [1.54, 1.807) is 0 Å². The van der Waals surface area contributed by atoms with Gasteiger partial charge in [-0.3, -0.25) is 0 Å². The first-order valence-electron chi connectivity index (χ1n) is 5.42. The summed E-state index contributed by atoms with van der Waals surface area (Å²) in [5.41, 5.74) is 0.244. The fraction of sp³-hybridized carbons (Fsp3) is 1.00. The van der Waals surface area contributed by atoms with Gasteiger partial charge in [-0.25, -0.2) is 0 Å². The van der Waals surface area contributed by atoms with Gasteiger partial charge < -0.3 is 9.64 Å². The lowest BCUT2D eigenvalue weighted by Gasteiger charge is -2.44. The Bertz CT molecular complexity index is 210. The fourth-order valence-electron chi connectivity index (χ4n) is 1.88. The van der Waals surface area contributed by atoms with E-state index in [0.29, 0.717) is 19.7 Å². The summed E-state index contributed by atoms with van der Waals surface area (Å²) in [6, 6.07) is 0. The molecule has 0 amide bonds. The molecule has 1 unspecified atom stereocenters. The normalized spacial score (nSPS) is 25.4. The summed E-state index contributed by atoms with van der Waals surface area (Å²) >= 11 is 0. The Hall–Kier alpha value is 0.115. The van der Waals surface area contributed by atoms with Crippen molar-refractivity contribution in [3.8, 4) is 0 Å². The van der Waals surface area contributed by atoms with E-state index in [4.69, 9.17) is 28.3 Å². The van der Waals surface area contributed by atoms with Gasteiger partial charge in [-0.05, 0) is 11.8 Å². The molecule has 1 heterocycles. The van der Waals surface area contributed by atoms with Crippen molar-refractivity contribution < 1.29 is 4.74 Å². The molecule has 0 aliphatic carbocycles. The van der Waals surface area contributed by atoms with E-state index in [1.165, 1.54) is 0 Å². The molecule has 1 rings (SSSR count). The summed E-state index contributed by atoms with van der Waals surface area (Å²) in [5.74, 6) is 0. The van der Waals surface area contributed by atoms with Gasteiger partial charge in [-0.15, -0.1) is 0 Å². The minimum Gasteiger partial charge on any atom is -0.376 e. The lowest BCUT2D eigenvalue weighted by molar-refractivity contribution is -0.0470. The predicted molar refractivity (Wildman–Crippen MR) is 65.4 cm³/mol. The first-order chi connectivity index (χ1) is 6.68. The smallest absolute Gasteiger partial charge is 0.0706 e. The fourth-order valence-corrected chi connectivity index (χ4v) is 1.88. The predicted octanol–water partition coefficient (Wildman–Crippen LogP) is 0.240. The highest BCUT2D eigenvalue weighted by Crippen LogP contribution is 2.25.